The summed E-state index contributed by atoms with van der Waals surface area (Å²) in [6, 6.07) is 4.17. The second-order valence-electron chi connectivity index (χ2n) is 9.50. The van der Waals surface area contributed by atoms with Gasteiger partial charge in [0.1, 0.15) is 12.2 Å². The molecule has 176 valence electrons. The van der Waals surface area contributed by atoms with Gasteiger partial charge in [-0.2, -0.15) is 0 Å². The normalized spacial score (nSPS) is 26.0. The summed E-state index contributed by atoms with van der Waals surface area (Å²) in [4.78, 5) is 14.7. The molecular formula is C26H38N2O4. The van der Waals surface area contributed by atoms with E-state index in [0.29, 0.717) is 13.0 Å². The number of ether oxygens (including phenoxy) is 3. The van der Waals surface area contributed by atoms with Crippen LogP contribution >= 0.6 is 0 Å². The highest BCUT2D eigenvalue weighted by atomic mass is 16.6. The van der Waals surface area contributed by atoms with E-state index in [9.17, 15) is 4.79 Å². The molecule has 0 radical (unpaired) electrons. The Bertz CT molecular complexity index is 839. The molecule has 32 heavy (non-hydrogen) atoms. The summed E-state index contributed by atoms with van der Waals surface area (Å²) < 4.78 is 17.8. The minimum Gasteiger partial charge on any atom is -0.493 e. The standard InChI is InChI=1S/C26H38N2O4/c1-4-5-6-7-8-9-15-27-25(29)31-20-12-13-26-14-16-28(2)18-19-10-11-21(30-3)24(23(19)26)32-22(26)17-20/h10-13,20,22H,4-9,14-18H2,1-3H3,(H,27,29)/t20-,22-,26-/m0/s1. The Labute approximate surface area is 192 Å². The average Bonchev–Trinajstić information content (AvgIpc) is 3.04. The lowest BCUT2D eigenvalue weighted by molar-refractivity contribution is 0.0605. The van der Waals surface area contributed by atoms with E-state index in [1.54, 1.807) is 7.11 Å². The van der Waals surface area contributed by atoms with Gasteiger partial charge in [-0.3, -0.25) is 0 Å². The summed E-state index contributed by atoms with van der Waals surface area (Å²) in [6.07, 6.45) is 12.5. The summed E-state index contributed by atoms with van der Waals surface area (Å²) in [7, 11) is 3.85. The first kappa shape index (κ1) is 23.0. The number of alkyl carbamates (subject to hydrolysis) is 1. The molecule has 4 rings (SSSR count). The zero-order chi connectivity index (χ0) is 22.6. The van der Waals surface area contributed by atoms with Crippen molar-refractivity contribution in [3.63, 3.8) is 0 Å². The fraction of sp³-hybridized carbons (Fsp3) is 0.654. The predicted molar refractivity (Wildman–Crippen MR) is 125 cm³/mol. The molecule has 1 aromatic rings. The van der Waals surface area contributed by atoms with Crippen LogP contribution in [0.1, 0.15) is 69.4 Å². The largest absolute Gasteiger partial charge is 0.493 e. The Morgan fingerprint density at radius 2 is 2.06 bits per heavy atom. The van der Waals surface area contributed by atoms with Gasteiger partial charge < -0.3 is 24.4 Å². The van der Waals surface area contributed by atoms with E-state index < -0.39 is 0 Å². The molecule has 0 unspecified atom stereocenters. The number of hydrogen-bond acceptors (Lipinski definition) is 5. The fourth-order valence-corrected chi connectivity index (χ4v) is 5.43. The molecule has 2 aliphatic heterocycles. The minimum absolute atomic E-state index is 0.0552. The van der Waals surface area contributed by atoms with Gasteiger partial charge in [-0.05, 0) is 44.1 Å². The second-order valence-corrected chi connectivity index (χ2v) is 9.50. The van der Waals surface area contributed by atoms with E-state index in [-0.39, 0.29) is 23.7 Å². The summed E-state index contributed by atoms with van der Waals surface area (Å²) >= 11 is 0. The van der Waals surface area contributed by atoms with Crippen molar-refractivity contribution in [3.8, 4) is 11.5 Å². The molecule has 1 aromatic carbocycles. The maximum Gasteiger partial charge on any atom is 0.407 e. The smallest absolute Gasteiger partial charge is 0.407 e. The number of amides is 1. The lowest BCUT2D eigenvalue weighted by Gasteiger charge is -2.36. The van der Waals surface area contributed by atoms with E-state index in [0.717, 1.165) is 43.9 Å². The molecule has 1 aliphatic carbocycles. The van der Waals surface area contributed by atoms with Gasteiger partial charge in [0.25, 0.3) is 0 Å². The first-order valence-electron chi connectivity index (χ1n) is 12.3. The Hall–Kier alpha value is -2.21. The minimum atomic E-state index is -0.335. The van der Waals surface area contributed by atoms with Gasteiger partial charge in [0.2, 0.25) is 0 Å². The van der Waals surface area contributed by atoms with Crippen molar-refractivity contribution in [2.24, 2.45) is 0 Å². The molecule has 1 N–H and O–H groups in total. The van der Waals surface area contributed by atoms with Crippen LogP contribution in [0.3, 0.4) is 0 Å². The molecule has 0 bridgehead atoms. The number of carbonyl (C=O) groups is 1. The van der Waals surface area contributed by atoms with Gasteiger partial charge in [0.05, 0.1) is 12.5 Å². The van der Waals surface area contributed by atoms with E-state index in [4.69, 9.17) is 14.2 Å². The van der Waals surface area contributed by atoms with Crippen LogP contribution in [-0.2, 0) is 16.7 Å². The molecular weight excluding hydrogens is 404 g/mol. The topological polar surface area (TPSA) is 60.0 Å². The quantitative estimate of drug-likeness (QED) is 0.433. The van der Waals surface area contributed by atoms with Crippen LogP contribution in [0.5, 0.6) is 11.5 Å². The number of nitrogens with zero attached hydrogens (tertiary/aromatic N) is 1. The van der Waals surface area contributed by atoms with Gasteiger partial charge in [0, 0.05) is 25.1 Å². The molecule has 1 spiro atoms. The molecule has 3 aliphatic rings. The number of unbranched alkanes of at least 4 members (excludes halogenated alkanes) is 5. The number of carbonyl (C=O) groups excluding carboxylic acids is 1. The fourth-order valence-electron chi connectivity index (χ4n) is 5.43. The van der Waals surface area contributed by atoms with E-state index in [1.165, 1.54) is 36.8 Å². The van der Waals surface area contributed by atoms with Crippen LogP contribution in [0.25, 0.3) is 0 Å². The number of benzene rings is 1. The zero-order valence-electron chi connectivity index (χ0n) is 19.8. The number of methoxy groups -OCH3 is 1. The van der Waals surface area contributed by atoms with Crippen LogP contribution in [0.15, 0.2) is 24.3 Å². The molecule has 6 nitrogen and oxygen atoms in total. The predicted octanol–water partition coefficient (Wildman–Crippen LogP) is 4.94. The third kappa shape index (κ3) is 4.61. The van der Waals surface area contributed by atoms with Gasteiger partial charge in [-0.15, -0.1) is 0 Å². The summed E-state index contributed by atoms with van der Waals surface area (Å²) in [5.74, 6) is 1.65. The van der Waals surface area contributed by atoms with Crippen LogP contribution in [-0.4, -0.2) is 50.4 Å². The zero-order valence-corrected chi connectivity index (χ0v) is 19.8. The van der Waals surface area contributed by atoms with Crippen molar-refractivity contribution >= 4 is 6.09 Å². The van der Waals surface area contributed by atoms with E-state index in [2.05, 4.69) is 42.4 Å². The van der Waals surface area contributed by atoms with Crippen molar-refractivity contribution in [1.82, 2.24) is 10.2 Å². The Balaban J connectivity index is 1.38. The van der Waals surface area contributed by atoms with Gasteiger partial charge in [0.15, 0.2) is 11.5 Å². The average molecular weight is 443 g/mol. The molecule has 0 fully saturated rings. The number of nitrogens with one attached hydrogen (secondary N) is 1. The molecule has 0 saturated carbocycles. The monoisotopic (exact) mass is 442 g/mol. The van der Waals surface area contributed by atoms with Crippen molar-refractivity contribution in [3.05, 3.63) is 35.4 Å². The molecule has 3 atom stereocenters. The first-order valence-corrected chi connectivity index (χ1v) is 12.3. The van der Waals surface area contributed by atoms with Crippen molar-refractivity contribution in [2.45, 2.75) is 82.5 Å². The SMILES string of the molecule is CCCCCCCCNC(=O)O[C@H]1C=C[C@@]23CCN(C)Cc4ccc(OC)c(c42)O[C@H]3C1. The van der Waals surface area contributed by atoms with Gasteiger partial charge in [-0.25, -0.2) is 4.79 Å². The Morgan fingerprint density at radius 1 is 1.25 bits per heavy atom. The lowest BCUT2D eigenvalue weighted by atomic mass is 9.69. The second kappa shape index (κ2) is 10.2. The van der Waals surface area contributed by atoms with E-state index in [1.807, 2.05) is 6.07 Å². The van der Waals surface area contributed by atoms with Crippen LogP contribution in [0.2, 0.25) is 0 Å². The lowest BCUT2D eigenvalue weighted by Crippen LogP contribution is -2.44. The molecule has 1 amide bonds. The Kier molecular flexibility index (Phi) is 7.29. The maximum atomic E-state index is 12.3. The highest BCUT2D eigenvalue weighted by Crippen LogP contribution is 2.55. The van der Waals surface area contributed by atoms with Crippen LogP contribution in [0.4, 0.5) is 4.79 Å². The first-order chi connectivity index (χ1) is 15.6. The number of hydrogen-bond donors (Lipinski definition) is 1. The molecule has 0 saturated heterocycles. The molecule has 6 heteroatoms. The highest BCUT2D eigenvalue weighted by molar-refractivity contribution is 5.67. The van der Waals surface area contributed by atoms with Crippen molar-refractivity contribution in [2.75, 3.05) is 27.2 Å². The van der Waals surface area contributed by atoms with Gasteiger partial charge >= 0.3 is 6.09 Å². The summed E-state index contributed by atoms with van der Waals surface area (Å²) in [6.45, 7) is 4.78. The maximum absolute atomic E-state index is 12.3. The van der Waals surface area contributed by atoms with Gasteiger partial charge in [-0.1, -0.05) is 51.2 Å². The Morgan fingerprint density at radius 3 is 2.88 bits per heavy atom. The third-order valence-electron chi connectivity index (χ3n) is 7.19. The molecule has 0 aromatic heterocycles. The molecule has 2 heterocycles. The third-order valence-corrected chi connectivity index (χ3v) is 7.19. The van der Waals surface area contributed by atoms with Crippen LogP contribution in [0, 0.1) is 0 Å². The summed E-state index contributed by atoms with van der Waals surface area (Å²) in [5.41, 5.74) is 2.37. The van der Waals surface area contributed by atoms with Crippen LogP contribution < -0.4 is 14.8 Å². The van der Waals surface area contributed by atoms with E-state index >= 15 is 0 Å². The summed E-state index contributed by atoms with van der Waals surface area (Å²) in [5, 5.41) is 2.91. The van der Waals surface area contributed by atoms with Crippen molar-refractivity contribution in [1.29, 1.82) is 0 Å². The number of rotatable bonds is 9. The van der Waals surface area contributed by atoms with Crippen molar-refractivity contribution < 1.29 is 19.0 Å². The highest BCUT2D eigenvalue weighted by Gasteiger charge is 2.53.